The van der Waals surface area contributed by atoms with E-state index in [0.29, 0.717) is 29.3 Å². The summed E-state index contributed by atoms with van der Waals surface area (Å²) < 4.78 is 56.9. The number of aryl methyl sites for hydroxylation is 1. The van der Waals surface area contributed by atoms with Crippen molar-refractivity contribution in [2.45, 2.75) is 45.4 Å². The van der Waals surface area contributed by atoms with E-state index in [2.05, 4.69) is 4.98 Å². The Labute approximate surface area is 194 Å². The Morgan fingerprint density at radius 1 is 1.15 bits per heavy atom. The molecule has 0 atom stereocenters. The summed E-state index contributed by atoms with van der Waals surface area (Å²) in [4.78, 5) is 16.8. The lowest BCUT2D eigenvalue weighted by molar-refractivity contribution is -0.145. The lowest BCUT2D eigenvalue weighted by Gasteiger charge is -2.12. The lowest BCUT2D eigenvalue weighted by atomic mass is 10.1. The highest BCUT2D eigenvalue weighted by atomic mass is 35.5. The van der Waals surface area contributed by atoms with Crippen LogP contribution in [0.15, 0.2) is 30.5 Å². The quantitative estimate of drug-likeness (QED) is 0.377. The Balaban J connectivity index is 1.78. The van der Waals surface area contributed by atoms with Gasteiger partial charge in [-0.2, -0.15) is 13.2 Å². The van der Waals surface area contributed by atoms with Gasteiger partial charge in [0.05, 0.1) is 36.2 Å². The van der Waals surface area contributed by atoms with E-state index < -0.39 is 17.7 Å². The maximum Gasteiger partial charge on any atom is 0.417 e. The number of rotatable bonds is 8. The van der Waals surface area contributed by atoms with Crippen molar-refractivity contribution >= 4 is 23.2 Å². The van der Waals surface area contributed by atoms with Gasteiger partial charge in [-0.1, -0.05) is 31.5 Å². The van der Waals surface area contributed by atoms with Gasteiger partial charge in [0.25, 0.3) is 0 Å². The van der Waals surface area contributed by atoms with Crippen LogP contribution in [-0.2, 0) is 28.7 Å². The molecule has 0 saturated heterocycles. The van der Waals surface area contributed by atoms with E-state index in [1.54, 1.807) is 12.1 Å². The van der Waals surface area contributed by atoms with Crippen LogP contribution < -0.4 is 9.47 Å². The summed E-state index contributed by atoms with van der Waals surface area (Å²) in [7, 11) is 3.06. The Hall–Kier alpha value is -2.94. The van der Waals surface area contributed by atoms with E-state index in [0.717, 1.165) is 17.8 Å². The smallest absolute Gasteiger partial charge is 0.417 e. The molecule has 2 aromatic heterocycles. The van der Waals surface area contributed by atoms with Gasteiger partial charge in [0.15, 0.2) is 17.1 Å². The van der Waals surface area contributed by atoms with Crippen LogP contribution in [-0.4, -0.2) is 29.6 Å². The predicted octanol–water partition coefficient (Wildman–Crippen LogP) is 5.82. The molecule has 0 radical (unpaired) electrons. The zero-order valence-electron chi connectivity index (χ0n) is 18.6. The summed E-state index contributed by atoms with van der Waals surface area (Å²) in [6.07, 6.45) is -3.18. The molecule has 0 N–H and O–H groups in total. The fourth-order valence-corrected chi connectivity index (χ4v) is 3.68. The van der Waals surface area contributed by atoms with Crippen LogP contribution in [0.5, 0.6) is 11.5 Å². The molecule has 2 heterocycles. The summed E-state index contributed by atoms with van der Waals surface area (Å²) in [6.45, 7) is 3.47. The van der Waals surface area contributed by atoms with Gasteiger partial charge in [0.2, 0.25) is 0 Å². The number of fused-ring (bicyclic) bond motifs is 1. The number of hydrogen-bond acceptors (Lipinski definition) is 5. The number of halogens is 4. The molecule has 0 aliphatic rings. The number of pyridine rings is 1. The molecule has 0 spiro atoms. The van der Waals surface area contributed by atoms with E-state index >= 15 is 0 Å². The molecule has 3 rings (SSSR count). The Morgan fingerprint density at radius 2 is 1.85 bits per heavy atom. The summed E-state index contributed by atoms with van der Waals surface area (Å²) in [5, 5.41) is -0.127. The first kappa shape index (κ1) is 24.7. The normalized spacial score (nSPS) is 11.8. The number of alkyl halides is 3. The second-order valence-electron chi connectivity index (χ2n) is 7.72. The van der Waals surface area contributed by atoms with Crippen molar-refractivity contribution in [3.63, 3.8) is 0 Å². The minimum atomic E-state index is -4.58. The first-order valence-corrected chi connectivity index (χ1v) is 10.6. The Kier molecular flexibility index (Phi) is 7.41. The van der Waals surface area contributed by atoms with E-state index in [-0.39, 0.29) is 29.6 Å². The number of methoxy groups -OCH3 is 2. The summed E-state index contributed by atoms with van der Waals surface area (Å²) >= 11 is 6.07. The molecular weight excluding hydrogens is 461 g/mol. The monoisotopic (exact) mass is 484 g/mol. The number of carbonyl (C=O) groups excluding carboxylic acids is 1. The molecule has 1 aromatic carbocycles. The van der Waals surface area contributed by atoms with E-state index in [9.17, 15) is 18.0 Å². The fourth-order valence-electron chi connectivity index (χ4n) is 3.43. The third-order valence-corrected chi connectivity index (χ3v) is 5.39. The maximum atomic E-state index is 13.3. The third kappa shape index (κ3) is 5.52. The molecule has 0 bridgehead atoms. The molecule has 6 nitrogen and oxygen atoms in total. The third-order valence-electron chi connectivity index (χ3n) is 5.11. The zero-order chi connectivity index (χ0) is 24.3. The van der Waals surface area contributed by atoms with Crippen LogP contribution in [0.1, 0.15) is 48.7 Å². The van der Waals surface area contributed by atoms with Crippen molar-refractivity contribution in [3.8, 4) is 11.5 Å². The minimum absolute atomic E-state index is 0.0811. The van der Waals surface area contributed by atoms with Gasteiger partial charge in [0, 0.05) is 12.6 Å². The topological polar surface area (TPSA) is 62.1 Å². The van der Waals surface area contributed by atoms with Crippen LogP contribution in [0.2, 0.25) is 5.02 Å². The van der Waals surface area contributed by atoms with Gasteiger partial charge in [0.1, 0.15) is 6.61 Å². The van der Waals surface area contributed by atoms with Crippen molar-refractivity contribution in [2.75, 3.05) is 14.2 Å². The number of carbonyl (C=O) groups is 1. The minimum Gasteiger partial charge on any atom is -0.493 e. The van der Waals surface area contributed by atoms with Crippen LogP contribution >= 0.6 is 11.6 Å². The zero-order valence-corrected chi connectivity index (χ0v) is 19.4. The van der Waals surface area contributed by atoms with Crippen LogP contribution in [0, 0.1) is 0 Å². The van der Waals surface area contributed by atoms with E-state index in [1.807, 2.05) is 19.9 Å². The fraction of sp³-hybridized carbons (Fsp3) is 0.391. The highest BCUT2D eigenvalue weighted by Crippen LogP contribution is 2.34. The van der Waals surface area contributed by atoms with Crippen molar-refractivity contribution in [1.29, 1.82) is 0 Å². The summed E-state index contributed by atoms with van der Waals surface area (Å²) in [5.41, 5.74) is 0.999. The van der Waals surface area contributed by atoms with Gasteiger partial charge in [-0.3, -0.25) is 9.20 Å². The highest BCUT2D eigenvalue weighted by Gasteiger charge is 2.32. The van der Waals surface area contributed by atoms with E-state index in [4.69, 9.17) is 25.8 Å². The average Bonchev–Trinajstić information content (AvgIpc) is 3.15. The number of benzene rings is 1. The molecule has 33 heavy (non-hydrogen) atoms. The molecule has 10 heteroatoms. The standard InChI is InChI=1S/C23H24ClF3N2O4/c1-13(2)21-17(29-11-15(23(25,26)27)10-16(24)22(29)28-21)12-33-20(30)8-6-14-5-7-18(31-3)19(9-14)32-4/h5,7,9-11,13H,6,8,12H2,1-4H3. The Bertz CT molecular complexity index is 1160. The maximum absolute atomic E-state index is 13.3. The molecule has 0 aliphatic carbocycles. The van der Waals surface area contributed by atoms with E-state index in [1.165, 1.54) is 18.6 Å². The number of aromatic nitrogens is 2. The van der Waals surface area contributed by atoms with Gasteiger partial charge in [-0.15, -0.1) is 0 Å². The average molecular weight is 485 g/mol. The van der Waals surface area contributed by atoms with Gasteiger partial charge in [-0.05, 0) is 36.1 Å². The van der Waals surface area contributed by atoms with Crippen molar-refractivity contribution < 1.29 is 32.2 Å². The largest absolute Gasteiger partial charge is 0.493 e. The van der Waals surface area contributed by atoms with Crippen LogP contribution in [0.3, 0.4) is 0 Å². The first-order chi connectivity index (χ1) is 15.5. The molecule has 0 fully saturated rings. The summed E-state index contributed by atoms with van der Waals surface area (Å²) in [5.74, 6) is 0.519. The number of nitrogens with zero attached hydrogens (tertiary/aromatic N) is 2. The number of imidazole rings is 1. The van der Waals surface area contributed by atoms with Crippen molar-refractivity contribution in [3.05, 3.63) is 58.0 Å². The van der Waals surface area contributed by atoms with Gasteiger partial charge in [-0.25, -0.2) is 4.98 Å². The predicted molar refractivity (Wildman–Crippen MR) is 117 cm³/mol. The molecule has 0 aliphatic heterocycles. The number of hydrogen-bond donors (Lipinski definition) is 0. The highest BCUT2D eigenvalue weighted by molar-refractivity contribution is 6.33. The molecule has 0 unspecified atom stereocenters. The van der Waals surface area contributed by atoms with Crippen molar-refractivity contribution in [1.82, 2.24) is 9.38 Å². The second kappa shape index (κ2) is 9.91. The lowest BCUT2D eigenvalue weighted by Crippen LogP contribution is -2.11. The summed E-state index contributed by atoms with van der Waals surface area (Å²) in [6, 6.07) is 6.17. The van der Waals surface area contributed by atoms with Crippen LogP contribution in [0.4, 0.5) is 13.2 Å². The number of ether oxygens (including phenoxy) is 3. The van der Waals surface area contributed by atoms with Gasteiger partial charge < -0.3 is 14.2 Å². The van der Waals surface area contributed by atoms with Gasteiger partial charge >= 0.3 is 12.1 Å². The molecular formula is C23H24ClF3N2O4. The SMILES string of the molecule is COc1ccc(CCC(=O)OCc2c(C(C)C)nc3c(Cl)cc(C(F)(F)F)cn23)cc1OC. The van der Waals surface area contributed by atoms with Crippen molar-refractivity contribution in [2.24, 2.45) is 0 Å². The molecule has 0 saturated carbocycles. The molecule has 0 amide bonds. The number of esters is 1. The Morgan fingerprint density at radius 3 is 2.45 bits per heavy atom. The second-order valence-corrected chi connectivity index (χ2v) is 8.12. The van der Waals surface area contributed by atoms with Crippen LogP contribution in [0.25, 0.3) is 5.65 Å². The first-order valence-electron chi connectivity index (χ1n) is 10.2. The molecule has 178 valence electrons. The molecule has 3 aromatic rings.